The van der Waals surface area contributed by atoms with Gasteiger partial charge in [0.15, 0.2) is 0 Å². The van der Waals surface area contributed by atoms with Crippen molar-refractivity contribution in [1.29, 1.82) is 5.26 Å². The van der Waals surface area contributed by atoms with Gasteiger partial charge in [0.05, 0.1) is 12.8 Å². The van der Waals surface area contributed by atoms with E-state index in [0.717, 1.165) is 11.5 Å². The van der Waals surface area contributed by atoms with Gasteiger partial charge in [-0.1, -0.05) is 10.6 Å². The number of amides is 1. The zero-order chi connectivity index (χ0) is 14.4. The summed E-state index contributed by atoms with van der Waals surface area (Å²) in [5.41, 5.74) is 0.986. The second kappa shape index (κ2) is 6.45. The van der Waals surface area contributed by atoms with Gasteiger partial charge < -0.3 is 10.1 Å². The molecule has 0 spiro atoms. The van der Waals surface area contributed by atoms with Gasteiger partial charge in [-0.2, -0.15) is 5.26 Å². The molecule has 1 amide bonds. The molecule has 0 saturated heterocycles. The van der Waals surface area contributed by atoms with Crippen LogP contribution in [0.15, 0.2) is 35.2 Å². The van der Waals surface area contributed by atoms with Gasteiger partial charge >= 0.3 is 0 Å². The standard InChI is InChI=1S/C13H10N4O2S/c1-19-12-4-2-3-10(6-12)15-13(18)9(7-14)5-11-8-20-17-16-11/h2-6,8H,1H3,(H,15,18)/b9-5-. The molecule has 0 aliphatic heterocycles. The Labute approximate surface area is 119 Å². The quantitative estimate of drug-likeness (QED) is 0.686. The lowest BCUT2D eigenvalue weighted by atomic mass is 10.2. The fourth-order valence-corrected chi connectivity index (χ4v) is 1.84. The van der Waals surface area contributed by atoms with Crippen LogP contribution < -0.4 is 10.1 Å². The molecule has 2 aromatic rings. The summed E-state index contributed by atoms with van der Waals surface area (Å²) in [6.07, 6.45) is 1.39. The summed E-state index contributed by atoms with van der Waals surface area (Å²) in [6.45, 7) is 0. The smallest absolute Gasteiger partial charge is 0.266 e. The van der Waals surface area contributed by atoms with Crippen LogP contribution in [0.4, 0.5) is 5.69 Å². The van der Waals surface area contributed by atoms with E-state index >= 15 is 0 Å². The molecule has 100 valence electrons. The summed E-state index contributed by atoms with van der Waals surface area (Å²) in [5, 5.41) is 17.1. The van der Waals surface area contributed by atoms with Crippen LogP contribution in [0.25, 0.3) is 6.08 Å². The molecule has 1 heterocycles. The molecule has 20 heavy (non-hydrogen) atoms. The van der Waals surface area contributed by atoms with Crippen molar-refractivity contribution in [3.63, 3.8) is 0 Å². The monoisotopic (exact) mass is 286 g/mol. The van der Waals surface area contributed by atoms with Crippen molar-refractivity contribution in [2.24, 2.45) is 0 Å². The SMILES string of the molecule is COc1cccc(NC(=O)/C(C#N)=C\c2csnn2)c1. The van der Waals surface area contributed by atoms with E-state index in [1.807, 2.05) is 6.07 Å². The van der Waals surface area contributed by atoms with Crippen LogP contribution in [0.2, 0.25) is 0 Å². The number of ether oxygens (including phenoxy) is 1. The number of benzene rings is 1. The van der Waals surface area contributed by atoms with Crippen molar-refractivity contribution in [2.45, 2.75) is 0 Å². The van der Waals surface area contributed by atoms with E-state index in [0.29, 0.717) is 17.1 Å². The number of carbonyl (C=O) groups excluding carboxylic acids is 1. The van der Waals surface area contributed by atoms with Gasteiger partial charge in [0, 0.05) is 17.1 Å². The van der Waals surface area contributed by atoms with E-state index < -0.39 is 5.91 Å². The van der Waals surface area contributed by atoms with Crippen molar-refractivity contribution in [3.05, 3.63) is 40.9 Å². The molecule has 0 atom stereocenters. The highest BCUT2D eigenvalue weighted by Gasteiger charge is 2.10. The lowest BCUT2D eigenvalue weighted by Gasteiger charge is -2.05. The lowest BCUT2D eigenvalue weighted by molar-refractivity contribution is -0.112. The molecular weight excluding hydrogens is 276 g/mol. The van der Waals surface area contributed by atoms with Crippen molar-refractivity contribution in [3.8, 4) is 11.8 Å². The lowest BCUT2D eigenvalue weighted by Crippen LogP contribution is -2.13. The van der Waals surface area contributed by atoms with Gasteiger partial charge in [0.25, 0.3) is 5.91 Å². The van der Waals surface area contributed by atoms with Crippen LogP contribution in [-0.2, 0) is 4.79 Å². The second-order valence-electron chi connectivity index (χ2n) is 3.69. The van der Waals surface area contributed by atoms with Crippen molar-refractivity contribution >= 4 is 29.2 Å². The van der Waals surface area contributed by atoms with Crippen LogP contribution in [-0.4, -0.2) is 22.6 Å². The molecule has 1 N–H and O–H groups in total. The van der Waals surface area contributed by atoms with Crippen molar-refractivity contribution in [1.82, 2.24) is 9.59 Å². The number of anilines is 1. The molecular formula is C13H10N4O2S. The number of nitriles is 1. The molecule has 0 aliphatic rings. The molecule has 1 aromatic carbocycles. The number of aromatic nitrogens is 2. The Kier molecular flexibility index (Phi) is 4.42. The van der Waals surface area contributed by atoms with E-state index in [4.69, 9.17) is 10.00 Å². The Hall–Kier alpha value is -2.72. The highest BCUT2D eigenvalue weighted by atomic mass is 32.1. The van der Waals surface area contributed by atoms with E-state index in [1.165, 1.54) is 13.2 Å². The zero-order valence-corrected chi connectivity index (χ0v) is 11.3. The molecule has 0 unspecified atom stereocenters. The first-order valence-corrected chi connectivity index (χ1v) is 6.41. The van der Waals surface area contributed by atoms with Gasteiger partial charge in [-0.3, -0.25) is 4.79 Å². The van der Waals surface area contributed by atoms with Crippen LogP contribution in [0.5, 0.6) is 5.75 Å². The molecule has 0 fully saturated rings. The maximum Gasteiger partial charge on any atom is 0.266 e. The minimum Gasteiger partial charge on any atom is -0.497 e. The highest BCUT2D eigenvalue weighted by molar-refractivity contribution is 7.03. The highest BCUT2D eigenvalue weighted by Crippen LogP contribution is 2.17. The van der Waals surface area contributed by atoms with Crippen molar-refractivity contribution in [2.75, 3.05) is 12.4 Å². The summed E-state index contributed by atoms with van der Waals surface area (Å²) in [6, 6.07) is 8.72. The Morgan fingerprint density at radius 2 is 2.40 bits per heavy atom. The fraction of sp³-hybridized carbons (Fsp3) is 0.0769. The molecule has 6 nitrogen and oxygen atoms in total. The Morgan fingerprint density at radius 3 is 3.05 bits per heavy atom. The summed E-state index contributed by atoms with van der Waals surface area (Å²) in [5.74, 6) is 0.114. The fourth-order valence-electron chi connectivity index (χ4n) is 1.43. The van der Waals surface area contributed by atoms with Gasteiger partial charge in [0.2, 0.25) is 0 Å². The number of nitrogens with zero attached hydrogens (tertiary/aromatic N) is 3. The summed E-state index contributed by atoms with van der Waals surface area (Å²) in [4.78, 5) is 12.0. The predicted molar refractivity (Wildman–Crippen MR) is 75.1 cm³/mol. The largest absolute Gasteiger partial charge is 0.497 e. The third kappa shape index (κ3) is 3.40. The van der Waals surface area contributed by atoms with E-state index in [1.54, 1.807) is 29.6 Å². The maximum atomic E-state index is 12.0. The predicted octanol–water partition coefficient (Wildman–Crippen LogP) is 2.09. The Balaban J connectivity index is 2.16. The number of rotatable bonds is 4. The molecule has 1 aromatic heterocycles. The van der Waals surface area contributed by atoms with E-state index in [2.05, 4.69) is 14.9 Å². The van der Waals surface area contributed by atoms with Crippen LogP contribution in [0.1, 0.15) is 5.69 Å². The Bertz CT molecular complexity index is 674. The minimum atomic E-state index is -0.506. The average molecular weight is 286 g/mol. The number of methoxy groups -OCH3 is 1. The number of hydrogen-bond donors (Lipinski definition) is 1. The van der Waals surface area contributed by atoms with Crippen LogP contribution in [0, 0.1) is 11.3 Å². The first-order valence-electron chi connectivity index (χ1n) is 5.57. The number of hydrogen-bond acceptors (Lipinski definition) is 6. The maximum absolute atomic E-state index is 12.0. The minimum absolute atomic E-state index is 0.0412. The van der Waals surface area contributed by atoms with Crippen LogP contribution >= 0.6 is 11.5 Å². The molecule has 0 radical (unpaired) electrons. The van der Waals surface area contributed by atoms with Gasteiger partial charge in [-0.05, 0) is 29.7 Å². The summed E-state index contributed by atoms with van der Waals surface area (Å²) < 4.78 is 8.73. The third-order valence-electron chi connectivity index (χ3n) is 2.36. The zero-order valence-electron chi connectivity index (χ0n) is 10.5. The van der Waals surface area contributed by atoms with E-state index in [9.17, 15) is 4.79 Å². The number of carbonyl (C=O) groups is 1. The van der Waals surface area contributed by atoms with E-state index in [-0.39, 0.29) is 5.57 Å². The second-order valence-corrected chi connectivity index (χ2v) is 4.30. The normalized spacial score (nSPS) is 10.7. The average Bonchev–Trinajstić information content (AvgIpc) is 2.97. The summed E-state index contributed by atoms with van der Waals surface area (Å²) in [7, 11) is 1.54. The Morgan fingerprint density at radius 1 is 1.55 bits per heavy atom. The van der Waals surface area contributed by atoms with Crippen LogP contribution in [0.3, 0.4) is 0 Å². The molecule has 0 saturated carbocycles. The first-order chi connectivity index (χ1) is 9.72. The third-order valence-corrected chi connectivity index (χ3v) is 2.88. The van der Waals surface area contributed by atoms with Gasteiger partial charge in [-0.25, -0.2) is 0 Å². The number of nitrogens with one attached hydrogen (secondary N) is 1. The molecule has 0 bridgehead atoms. The first kappa shape index (κ1) is 13.7. The molecule has 2 rings (SSSR count). The van der Waals surface area contributed by atoms with Crippen molar-refractivity contribution < 1.29 is 9.53 Å². The molecule has 0 aliphatic carbocycles. The molecule has 7 heteroatoms. The van der Waals surface area contributed by atoms with Gasteiger partial charge in [0.1, 0.15) is 17.4 Å². The van der Waals surface area contributed by atoms with Gasteiger partial charge in [-0.15, -0.1) is 5.10 Å². The topological polar surface area (TPSA) is 87.9 Å². The summed E-state index contributed by atoms with van der Waals surface area (Å²) >= 11 is 1.15.